The van der Waals surface area contributed by atoms with Gasteiger partial charge >= 0.3 is 5.97 Å². The quantitative estimate of drug-likeness (QED) is 0.489. The number of benzene rings is 1. The molecule has 10 heteroatoms. The minimum atomic E-state index is -3.83. The average Bonchev–Trinajstić information content (AvgIpc) is 2.82. The molecule has 0 unspecified atom stereocenters. The van der Waals surface area contributed by atoms with Crippen LogP contribution in [0.5, 0.6) is 0 Å². The largest absolute Gasteiger partial charge is 0.467 e. The van der Waals surface area contributed by atoms with Gasteiger partial charge in [-0.25, -0.2) is 4.79 Å². The van der Waals surface area contributed by atoms with Crippen molar-refractivity contribution in [1.82, 2.24) is 18.4 Å². The Bertz CT molecular complexity index is 903. The number of carbonyl (C=O) groups excluding carboxylic acids is 2. The molecule has 0 spiro atoms. The number of hydrogen-bond donors (Lipinski definition) is 0. The lowest BCUT2D eigenvalue weighted by atomic mass is 10.0. The number of ether oxygens (including phenoxy) is 1. The summed E-state index contributed by atoms with van der Waals surface area (Å²) < 4.78 is 35.0. The molecular weight excluding hydrogens is 444 g/mol. The van der Waals surface area contributed by atoms with Crippen molar-refractivity contribution in [3.8, 4) is 0 Å². The van der Waals surface area contributed by atoms with Crippen LogP contribution in [0.3, 0.4) is 0 Å². The van der Waals surface area contributed by atoms with Gasteiger partial charge in [-0.2, -0.15) is 17.0 Å². The van der Waals surface area contributed by atoms with E-state index in [9.17, 15) is 18.0 Å². The van der Waals surface area contributed by atoms with Crippen LogP contribution >= 0.6 is 0 Å². The number of likely N-dealkylation sites (N-methyl/N-ethyl adjacent to an activating group) is 1. The zero-order chi connectivity index (χ0) is 24.0. The lowest BCUT2D eigenvalue weighted by Crippen LogP contribution is -2.65. The fraction of sp³-hybridized carbons (Fsp3) is 0.652. The molecule has 0 N–H and O–H groups in total. The minimum Gasteiger partial charge on any atom is -0.467 e. The summed E-state index contributed by atoms with van der Waals surface area (Å²) in [5.41, 5.74) is 0.874. The Hall–Kier alpha value is -2.01. The topological polar surface area (TPSA) is 90.5 Å². The standard InChI is InChI=1S/C23H36N4O5S/c1-4-5-11-20(23(29)32-3)26-16-17-27(33(30,31)25-14-12-24(2)13-15-25)21(22(26)28)18-19-9-7-6-8-10-19/h6-10,20-21H,4-5,11-18H2,1-3H3/t20-,21-/m0/s1. The van der Waals surface area contributed by atoms with Crippen LogP contribution in [0.15, 0.2) is 30.3 Å². The van der Waals surface area contributed by atoms with Gasteiger partial charge < -0.3 is 14.5 Å². The monoisotopic (exact) mass is 480 g/mol. The second kappa shape index (κ2) is 11.4. The summed E-state index contributed by atoms with van der Waals surface area (Å²) in [6.07, 6.45) is 2.41. The zero-order valence-electron chi connectivity index (χ0n) is 19.9. The highest BCUT2D eigenvalue weighted by molar-refractivity contribution is 7.86. The van der Waals surface area contributed by atoms with Crippen molar-refractivity contribution in [3.63, 3.8) is 0 Å². The molecule has 0 aliphatic carbocycles. The summed E-state index contributed by atoms with van der Waals surface area (Å²) in [4.78, 5) is 29.9. The molecular formula is C23H36N4O5S. The van der Waals surface area contributed by atoms with Crippen molar-refractivity contribution in [2.24, 2.45) is 0 Å². The van der Waals surface area contributed by atoms with E-state index in [0.717, 1.165) is 18.4 Å². The number of hydrogen-bond acceptors (Lipinski definition) is 6. The second-order valence-corrected chi connectivity index (χ2v) is 10.6. The molecule has 9 nitrogen and oxygen atoms in total. The van der Waals surface area contributed by atoms with Gasteiger partial charge in [-0.05, 0) is 25.5 Å². The predicted molar refractivity (Wildman–Crippen MR) is 126 cm³/mol. The number of rotatable bonds is 9. The van der Waals surface area contributed by atoms with Crippen molar-refractivity contribution < 1.29 is 22.7 Å². The molecule has 2 fully saturated rings. The molecule has 0 radical (unpaired) electrons. The van der Waals surface area contributed by atoms with E-state index in [-0.39, 0.29) is 25.4 Å². The third-order valence-corrected chi connectivity index (χ3v) is 8.56. The van der Waals surface area contributed by atoms with Crippen molar-refractivity contribution in [2.75, 3.05) is 53.4 Å². The summed E-state index contributed by atoms with van der Waals surface area (Å²) in [5.74, 6) is -0.792. The number of carbonyl (C=O) groups is 2. The lowest BCUT2D eigenvalue weighted by molar-refractivity contribution is -0.157. The maximum Gasteiger partial charge on any atom is 0.328 e. The van der Waals surface area contributed by atoms with E-state index in [1.165, 1.54) is 20.6 Å². The van der Waals surface area contributed by atoms with Crippen molar-refractivity contribution in [3.05, 3.63) is 35.9 Å². The summed E-state index contributed by atoms with van der Waals surface area (Å²) in [5, 5.41) is 0. The fourth-order valence-electron chi connectivity index (χ4n) is 4.50. The van der Waals surface area contributed by atoms with Crippen LogP contribution in [-0.4, -0.2) is 104 Å². The van der Waals surface area contributed by atoms with Crippen LogP contribution in [0.25, 0.3) is 0 Å². The Morgan fingerprint density at radius 2 is 1.76 bits per heavy atom. The Labute approximate surface area is 197 Å². The minimum absolute atomic E-state index is 0.150. The molecule has 0 saturated carbocycles. The molecule has 1 amide bonds. The Morgan fingerprint density at radius 3 is 2.36 bits per heavy atom. The molecule has 1 aromatic carbocycles. The van der Waals surface area contributed by atoms with E-state index < -0.39 is 28.3 Å². The molecule has 3 rings (SSSR count). The molecule has 0 aromatic heterocycles. The highest BCUT2D eigenvalue weighted by Crippen LogP contribution is 2.25. The number of piperazine rings is 2. The number of unbranched alkanes of at least 4 members (excludes halogenated alkanes) is 1. The van der Waals surface area contributed by atoms with Gasteiger partial charge in [0.15, 0.2) is 0 Å². The summed E-state index contributed by atoms with van der Waals surface area (Å²) in [6, 6.07) is 7.81. The first kappa shape index (κ1) is 25.6. The van der Waals surface area contributed by atoms with Gasteiger partial charge in [0.2, 0.25) is 5.91 Å². The maximum absolute atomic E-state index is 13.7. The van der Waals surface area contributed by atoms with Crippen LogP contribution in [0.4, 0.5) is 0 Å². The summed E-state index contributed by atoms with van der Waals surface area (Å²) >= 11 is 0. The summed E-state index contributed by atoms with van der Waals surface area (Å²) in [6.45, 7) is 4.43. The number of amides is 1. The van der Waals surface area contributed by atoms with Gasteiger partial charge in [0, 0.05) is 39.3 Å². The molecule has 2 atom stereocenters. The van der Waals surface area contributed by atoms with E-state index in [2.05, 4.69) is 4.90 Å². The average molecular weight is 481 g/mol. The molecule has 1 aromatic rings. The fourth-order valence-corrected chi connectivity index (χ4v) is 6.22. The zero-order valence-corrected chi connectivity index (χ0v) is 20.7. The van der Waals surface area contributed by atoms with Gasteiger partial charge in [-0.15, -0.1) is 0 Å². The third-order valence-electron chi connectivity index (χ3n) is 6.51. The van der Waals surface area contributed by atoms with Crippen molar-refractivity contribution in [1.29, 1.82) is 0 Å². The van der Waals surface area contributed by atoms with Crippen molar-refractivity contribution >= 4 is 22.1 Å². The third kappa shape index (κ3) is 5.92. The van der Waals surface area contributed by atoms with Gasteiger partial charge in [0.25, 0.3) is 10.2 Å². The van der Waals surface area contributed by atoms with Crippen LogP contribution < -0.4 is 0 Å². The molecule has 2 aliphatic heterocycles. The first-order chi connectivity index (χ1) is 15.8. The number of esters is 1. The number of nitrogens with zero attached hydrogens (tertiary/aromatic N) is 4. The molecule has 0 bridgehead atoms. The van der Waals surface area contributed by atoms with Gasteiger partial charge in [-0.1, -0.05) is 50.1 Å². The van der Waals surface area contributed by atoms with Crippen molar-refractivity contribution in [2.45, 2.75) is 44.7 Å². The van der Waals surface area contributed by atoms with Crippen LogP contribution in [-0.2, 0) is 31.0 Å². The van der Waals surface area contributed by atoms with E-state index in [1.807, 2.05) is 44.3 Å². The van der Waals surface area contributed by atoms with Gasteiger partial charge in [0.05, 0.1) is 7.11 Å². The smallest absolute Gasteiger partial charge is 0.328 e. The normalized spacial score (nSPS) is 22.3. The Balaban J connectivity index is 1.91. The molecule has 33 heavy (non-hydrogen) atoms. The number of methoxy groups -OCH3 is 1. The van der Waals surface area contributed by atoms with E-state index in [0.29, 0.717) is 32.6 Å². The van der Waals surface area contributed by atoms with Crippen LogP contribution in [0, 0.1) is 0 Å². The van der Waals surface area contributed by atoms with Crippen LogP contribution in [0.1, 0.15) is 31.7 Å². The highest BCUT2D eigenvalue weighted by atomic mass is 32.2. The summed E-state index contributed by atoms with van der Waals surface area (Å²) in [7, 11) is -0.540. The SMILES string of the molecule is CCCC[C@@H](C(=O)OC)N1CCN(S(=O)(=O)N2CCN(C)CC2)[C@@H](Cc2ccccc2)C1=O. The molecule has 184 valence electrons. The Morgan fingerprint density at radius 1 is 1.09 bits per heavy atom. The first-order valence-corrected chi connectivity index (χ1v) is 13.1. The molecule has 2 aliphatic rings. The van der Waals surface area contributed by atoms with Gasteiger partial charge in [0.1, 0.15) is 12.1 Å². The highest BCUT2D eigenvalue weighted by Gasteiger charge is 2.46. The lowest BCUT2D eigenvalue weighted by Gasteiger charge is -2.44. The second-order valence-electron chi connectivity index (χ2n) is 8.74. The van der Waals surface area contributed by atoms with Gasteiger partial charge in [-0.3, -0.25) is 4.79 Å². The van der Waals surface area contributed by atoms with E-state index >= 15 is 0 Å². The van der Waals surface area contributed by atoms with Crippen LogP contribution in [0.2, 0.25) is 0 Å². The maximum atomic E-state index is 13.7. The predicted octanol–water partition coefficient (Wildman–Crippen LogP) is 0.966. The van der Waals surface area contributed by atoms with E-state index in [1.54, 1.807) is 0 Å². The van der Waals surface area contributed by atoms with E-state index in [4.69, 9.17) is 4.74 Å². The molecule has 2 saturated heterocycles. The Kier molecular flexibility index (Phi) is 8.86. The molecule has 2 heterocycles. The first-order valence-electron chi connectivity index (χ1n) is 11.7.